The largest absolute Gasteiger partial charge is 0.479 e. The third kappa shape index (κ3) is 2.81. The molecule has 102 valence electrons. The lowest BCUT2D eigenvalue weighted by Gasteiger charge is -2.23. The van der Waals surface area contributed by atoms with Gasteiger partial charge in [0.2, 0.25) is 0 Å². The summed E-state index contributed by atoms with van der Waals surface area (Å²) < 4.78 is 10.7. The van der Waals surface area contributed by atoms with E-state index < -0.39 is 17.7 Å². The Hall–Kier alpha value is -1.14. The van der Waals surface area contributed by atoms with Gasteiger partial charge in [0.1, 0.15) is 5.60 Å². The number of hydrogen-bond donors (Lipinski definition) is 2. The van der Waals surface area contributed by atoms with Crippen molar-refractivity contribution in [3.8, 4) is 0 Å². The SMILES string of the molecule is CC1(C(=O)NCC2CCC(C(=O)O)O2)CCCO1. The fourth-order valence-corrected chi connectivity index (χ4v) is 2.39. The number of ether oxygens (including phenoxy) is 2. The van der Waals surface area contributed by atoms with E-state index in [1.165, 1.54) is 0 Å². The van der Waals surface area contributed by atoms with Crippen molar-refractivity contribution in [1.82, 2.24) is 5.32 Å². The Balaban J connectivity index is 1.75. The fraction of sp³-hybridized carbons (Fsp3) is 0.833. The summed E-state index contributed by atoms with van der Waals surface area (Å²) in [5.74, 6) is -1.07. The number of amides is 1. The Labute approximate surface area is 106 Å². The van der Waals surface area contributed by atoms with Gasteiger partial charge in [-0.1, -0.05) is 0 Å². The predicted octanol–water partition coefficient (Wildman–Crippen LogP) is 0.304. The summed E-state index contributed by atoms with van der Waals surface area (Å²) in [6.07, 6.45) is 1.84. The van der Waals surface area contributed by atoms with Crippen molar-refractivity contribution < 1.29 is 24.2 Å². The monoisotopic (exact) mass is 257 g/mol. The van der Waals surface area contributed by atoms with E-state index in [1.54, 1.807) is 6.92 Å². The third-order valence-electron chi connectivity index (χ3n) is 3.57. The molecule has 1 amide bonds. The van der Waals surface area contributed by atoms with Crippen LogP contribution in [0.3, 0.4) is 0 Å². The van der Waals surface area contributed by atoms with Crippen molar-refractivity contribution in [1.29, 1.82) is 0 Å². The molecule has 0 bridgehead atoms. The molecule has 0 spiro atoms. The molecule has 2 heterocycles. The molecule has 2 rings (SSSR count). The van der Waals surface area contributed by atoms with Gasteiger partial charge in [0.05, 0.1) is 6.10 Å². The molecule has 2 saturated heterocycles. The first kappa shape index (κ1) is 13.3. The van der Waals surface area contributed by atoms with Crippen LogP contribution in [0.5, 0.6) is 0 Å². The van der Waals surface area contributed by atoms with Crippen molar-refractivity contribution in [2.24, 2.45) is 0 Å². The molecule has 2 N–H and O–H groups in total. The highest BCUT2D eigenvalue weighted by Gasteiger charge is 2.38. The fourth-order valence-electron chi connectivity index (χ4n) is 2.39. The Morgan fingerprint density at radius 1 is 1.44 bits per heavy atom. The number of hydrogen-bond acceptors (Lipinski definition) is 4. The van der Waals surface area contributed by atoms with Crippen LogP contribution in [0.25, 0.3) is 0 Å². The van der Waals surface area contributed by atoms with Gasteiger partial charge in [-0.15, -0.1) is 0 Å². The summed E-state index contributed by atoms with van der Waals surface area (Å²) in [7, 11) is 0. The topological polar surface area (TPSA) is 84.9 Å². The average molecular weight is 257 g/mol. The van der Waals surface area contributed by atoms with E-state index >= 15 is 0 Å². The van der Waals surface area contributed by atoms with Gasteiger partial charge >= 0.3 is 5.97 Å². The lowest BCUT2D eigenvalue weighted by molar-refractivity contribution is -0.149. The Kier molecular flexibility index (Phi) is 3.87. The normalized spacial score (nSPS) is 35.6. The highest BCUT2D eigenvalue weighted by atomic mass is 16.5. The molecule has 0 saturated carbocycles. The molecular weight excluding hydrogens is 238 g/mol. The molecule has 3 atom stereocenters. The number of carboxylic acids is 1. The van der Waals surface area contributed by atoms with Crippen LogP contribution in [0, 0.1) is 0 Å². The molecule has 2 aliphatic heterocycles. The summed E-state index contributed by atoms with van der Waals surface area (Å²) in [6, 6.07) is 0. The van der Waals surface area contributed by atoms with Crippen molar-refractivity contribution in [2.45, 2.75) is 50.4 Å². The molecule has 3 unspecified atom stereocenters. The summed E-state index contributed by atoms with van der Waals surface area (Å²) in [5, 5.41) is 11.6. The summed E-state index contributed by atoms with van der Waals surface area (Å²) in [6.45, 7) is 2.75. The van der Waals surface area contributed by atoms with E-state index in [4.69, 9.17) is 14.6 Å². The lowest BCUT2D eigenvalue weighted by Crippen LogP contribution is -2.46. The third-order valence-corrected chi connectivity index (χ3v) is 3.57. The van der Waals surface area contributed by atoms with Crippen LogP contribution in [0.1, 0.15) is 32.6 Å². The zero-order valence-corrected chi connectivity index (χ0v) is 10.5. The van der Waals surface area contributed by atoms with Crippen LogP contribution in [0.15, 0.2) is 0 Å². The van der Waals surface area contributed by atoms with Gasteiger partial charge in [0, 0.05) is 13.2 Å². The highest BCUT2D eigenvalue weighted by Crippen LogP contribution is 2.25. The minimum atomic E-state index is -0.935. The van der Waals surface area contributed by atoms with Gasteiger partial charge in [-0.3, -0.25) is 4.79 Å². The molecule has 18 heavy (non-hydrogen) atoms. The van der Waals surface area contributed by atoms with Crippen molar-refractivity contribution in [3.05, 3.63) is 0 Å². The molecule has 0 radical (unpaired) electrons. The molecule has 0 aromatic carbocycles. The molecule has 0 aliphatic carbocycles. The number of carbonyl (C=O) groups is 2. The number of aliphatic carboxylic acids is 1. The Morgan fingerprint density at radius 3 is 2.78 bits per heavy atom. The summed E-state index contributed by atoms with van der Waals surface area (Å²) in [5.41, 5.74) is -0.731. The Morgan fingerprint density at radius 2 is 2.22 bits per heavy atom. The van der Waals surface area contributed by atoms with Gasteiger partial charge in [-0.05, 0) is 32.6 Å². The van der Waals surface area contributed by atoms with Crippen molar-refractivity contribution in [2.75, 3.05) is 13.2 Å². The minimum Gasteiger partial charge on any atom is -0.479 e. The molecule has 0 aromatic rings. The number of nitrogens with one attached hydrogen (secondary N) is 1. The van der Waals surface area contributed by atoms with Gasteiger partial charge in [-0.2, -0.15) is 0 Å². The molecule has 2 aliphatic rings. The maximum atomic E-state index is 11.9. The number of rotatable bonds is 4. The predicted molar refractivity (Wildman–Crippen MR) is 62.1 cm³/mol. The maximum absolute atomic E-state index is 11.9. The van der Waals surface area contributed by atoms with E-state index in [0.29, 0.717) is 26.0 Å². The maximum Gasteiger partial charge on any atom is 0.332 e. The smallest absolute Gasteiger partial charge is 0.332 e. The molecule has 6 nitrogen and oxygen atoms in total. The van der Waals surface area contributed by atoms with E-state index in [1.807, 2.05) is 0 Å². The van der Waals surface area contributed by atoms with Gasteiger partial charge < -0.3 is 19.9 Å². The second-order valence-electron chi connectivity index (χ2n) is 5.06. The number of carbonyl (C=O) groups excluding carboxylic acids is 1. The van der Waals surface area contributed by atoms with Gasteiger partial charge in [-0.25, -0.2) is 4.79 Å². The zero-order chi connectivity index (χ0) is 13.2. The van der Waals surface area contributed by atoms with E-state index in [-0.39, 0.29) is 12.0 Å². The van der Waals surface area contributed by atoms with E-state index in [2.05, 4.69) is 5.32 Å². The number of carboxylic acid groups (broad SMARTS) is 1. The van der Waals surface area contributed by atoms with E-state index in [9.17, 15) is 9.59 Å². The van der Waals surface area contributed by atoms with E-state index in [0.717, 1.165) is 12.8 Å². The quantitative estimate of drug-likeness (QED) is 0.757. The molecule has 2 fully saturated rings. The second-order valence-corrected chi connectivity index (χ2v) is 5.06. The molecule has 6 heteroatoms. The van der Waals surface area contributed by atoms with Crippen LogP contribution < -0.4 is 5.32 Å². The minimum absolute atomic E-state index is 0.137. The first-order valence-electron chi connectivity index (χ1n) is 6.32. The summed E-state index contributed by atoms with van der Waals surface area (Å²) in [4.78, 5) is 22.6. The molecule has 0 aromatic heterocycles. The van der Waals surface area contributed by atoms with Crippen LogP contribution in [-0.2, 0) is 19.1 Å². The first-order chi connectivity index (χ1) is 8.51. The van der Waals surface area contributed by atoms with Crippen molar-refractivity contribution >= 4 is 11.9 Å². The van der Waals surface area contributed by atoms with Crippen LogP contribution in [0.2, 0.25) is 0 Å². The zero-order valence-electron chi connectivity index (χ0n) is 10.5. The highest BCUT2D eigenvalue weighted by molar-refractivity contribution is 5.85. The average Bonchev–Trinajstić information content (AvgIpc) is 2.95. The van der Waals surface area contributed by atoms with Gasteiger partial charge in [0.25, 0.3) is 5.91 Å². The van der Waals surface area contributed by atoms with Crippen LogP contribution in [-0.4, -0.2) is 47.9 Å². The van der Waals surface area contributed by atoms with Crippen molar-refractivity contribution in [3.63, 3.8) is 0 Å². The van der Waals surface area contributed by atoms with Gasteiger partial charge in [0.15, 0.2) is 6.10 Å². The first-order valence-corrected chi connectivity index (χ1v) is 6.32. The summed E-state index contributed by atoms with van der Waals surface area (Å²) >= 11 is 0. The van der Waals surface area contributed by atoms with Crippen LogP contribution >= 0.6 is 0 Å². The van der Waals surface area contributed by atoms with Crippen LogP contribution in [0.4, 0.5) is 0 Å². The lowest BCUT2D eigenvalue weighted by atomic mass is 10.0. The Bertz CT molecular complexity index is 337. The molecular formula is C12H19NO5. The second kappa shape index (κ2) is 5.24. The standard InChI is InChI=1S/C12H19NO5/c1-12(5-2-6-17-12)11(16)13-7-8-3-4-9(18-8)10(14)15/h8-9H,2-7H2,1H3,(H,13,16)(H,14,15).